The Morgan fingerprint density at radius 1 is 1.25 bits per heavy atom. The van der Waals surface area contributed by atoms with Gasteiger partial charge in [-0.3, -0.25) is 4.68 Å². The number of hydrogen-bond donors (Lipinski definition) is 1. The molecule has 0 aliphatic rings. The van der Waals surface area contributed by atoms with E-state index in [0.29, 0.717) is 12.6 Å². The Kier molecular flexibility index (Phi) is 5.07. The minimum atomic E-state index is 0.498. The number of nitrogens with one attached hydrogen (secondary N) is 1. The van der Waals surface area contributed by atoms with Crippen molar-refractivity contribution in [1.29, 1.82) is 0 Å². The molecule has 1 N–H and O–H groups in total. The van der Waals surface area contributed by atoms with Crippen molar-refractivity contribution >= 4 is 17.3 Å². The van der Waals surface area contributed by atoms with Crippen LogP contribution in [-0.4, -0.2) is 9.78 Å². The molecule has 0 aliphatic carbocycles. The van der Waals surface area contributed by atoms with Crippen LogP contribution >= 0.6 is 11.6 Å². The second-order valence-corrected chi connectivity index (χ2v) is 5.48. The van der Waals surface area contributed by atoms with E-state index in [-0.39, 0.29) is 0 Å². The molecule has 1 aromatic heterocycles. The molecule has 0 atom stereocenters. The number of benzene rings is 1. The third kappa shape index (κ3) is 3.54. The minimum absolute atomic E-state index is 0.498. The molecule has 0 spiro atoms. The van der Waals surface area contributed by atoms with E-state index >= 15 is 0 Å². The maximum atomic E-state index is 6.12. The van der Waals surface area contributed by atoms with Gasteiger partial charge in [0, 0.05) is 16.9 Å². The number of aryl methyl sites for hydroxylation is 1. The summed E-state index contributed by atoms with van der Waals surface area (Å²) >= 11 is 6.12. The van der Waals surface area contributed by atoms with Gasteiger partial charge in [-0.1, -0.05) is 31.5 Å². The molecule has 0 amide bonds. The summed E-state index contributed by atoms with van der Waals surface area (Å²) in [6.07, 6.45) is 4.29. The van der Waals surface area contributed by atoms with Gasteiger partial charge in [-0.25, -0.2) is 0 Å². The molecule has 0 aliphatic heterocycles. The zero-order valence-electron chi connectivity index (χ0n) is 12.4. The summed E-state index contributed by atoms with van der Waals surface area (Å²) in [7, 11) is 0. The highest BCUT2D eigenvalue weighted by Crippen LogP contribution is 2.20. The molecular weight excluding hydrogens is 270 g/mol. The molecular formula is C16H22ClN3. The van der Waals surface area contributed by atoms with Crippen molar-refractivity contribution in [1.82, 2.24) is 9.78 Å². The van der Waals surface area contributed by atoms with Crippen LogP contribution in [0.1, 0.15) is 44.0 Å². The molecule has 0 unspecified atom stereocenters. The van der Waals surface area contributed by atoms with Crippen molar-refractivity contribution in [3.05, 3.63) is 46.7 Å². The molecule has 0 bridgehead atoms. The second-order valence-electron chi connectivity index (χ2n) is 5.07. The van der Waals surface area contributed by atoms with Crippen LogP contribution in [0.5, 0.6) is 0 Å². The first-order valence-electron chi connectivity index (χ1n) is 7.18. The highest BCUT2D eigenvalue weighted by molar-refractivity contribution is 6.31. The third-order valence-corrected chi connectivity index (χ3v) is 4.03. The topological polar surface area (TPSA) is 29.9 Å². The van der Waals surface area contributed by atoms with Crippen LogP contribution in [0.3, 0.4) is 0 Å². The van der Waals surface area contributed by atoms with Crippen LogP contribution in [0.2, 0.25) is 5.02 Å². The number of halogens is 1. The third-order valence-electron chi connectivity index (χ3n) is 3.63. The van der Waals surface area contributed by atoms with E-state index < -0.39 is 0 Å². The predicted octanol–water partition coefficient (Wildman–Crippen LogP) is 4.82. The van der Waals surface area contributed by atoms with Gasteiger partial charge < -0.3 is 5.32 Å². The van der Waals surface area contributed by atoms with Crippen LogP contribution in [0, 0.1) is 6.92 Å². The molecule has 2 aromatic rings. The molecule has 0 radical (unpaired) electrons. The Morgan fingerprint density at radius 3 is 2.65 bits per heavy atom. The molecule has 2 rings (SSSR count). The van der Waals surface area contributed by atoms with E-state index in [4.69, 9.17) is 11.6 Å². The molecule has 0 saturated heterocycles. The lowest BCUT2D eigenvalue weighted by Crippen LogP contribution is -2.09. The van der Waals surface area contributed by atoms with Crippen LogP contribution in [0.4, 0.5) is 5.69 Å². The quantitative estimate of drug-likeness (QED) is 0.827. The maximum Gasteiger partial charge on any atom is 0.0815 e. The first-order valence-corrected chi connectivity index (χ1v) is 7.55. The summed E-state index contributed by atoms with van der Waals surface area (Å²) < 4.78 is 2.07. The lowest BCUT2D eigenvalue weighted by atomic mass is 10.2. The summed E-state index contributed by atoms with van der Waals surface area (Å²) in [5.74, 6) is 0. The highest BCUT2D eigenvalue weighted by atomic mass is 35.5. The van der Waals surface area contributed by atoms with Gasteiger partial charge in [0.05, 0.1) is 18.3 Å². The van der Waals surface area contributed by atoms with E-state index in [1.807, 2.05) is 25.1 Å². The van der Waals surface area contributed by atoms with Crippen molar-refractivity contribution in [3.63, 3.8) is 0 Å². The van der Waals surface area contributed by atoms with Crippen LogP contribution < -0.4 is 5.32 Å². The van der Waals surface area contributed by atoms with Crippen molar-refractivity contribution in [2.45, 2.75) is 46.2 Å². The summed E-state index contributed by atoms with van der Waals surface area (Å²) in [5, 5.41) is 8.77. The average Bonchev–Trinajstić information content (AvgIpc) is 2.90. The molecule has 108 valence electrons. The summed E-state index contributed by atoms with van der Waals surface area (Å²) in [4.78, 5) is 0. The zero-order chi connectivity index (χ0) is 14.5. The van der Waals surface area contributed by atoms with Gasteiger partial charge in [0.2, 0.25) is 0 Å². The highest BCUT2D eigenvalue weighted by Gasteiger charge is 2.07. The van der Waals surface area contributed by atoms with Crippen LogP contribution in [0.15, 0.2) is 30.5 Å². The standard InChI is InChI=1S/C16H22ClN3/c1-4-15(5-2)20-9-8-14(19-20)11-18-13-7-6-12(3)16(17)10-13/h6-10,15,18H,4-5,11H2,1-3H3. The second kappa shape index (κ2) is 6.80. The molecule has 1 heterocycles. The summed E-state index contributed by atoms with van der Waals surface area (Å²) in [5.41, 5.74) is 3.17. The van der Waals surface area contributed by atoms with Crippen LogP contribution in [-0.2, 0) is 6.54 Å². The normalized spacial score (nSPS) is 11.1. The Morgan fingerprint density at radius 2 is 2.00 bits per heavy atom. The average molecular weight is 292 g/mol. The summed E-state index contributed by atoms with van der Waals surface area (Å²) in [6.45, 7) is 7.11. The fraction of sp³-hybridized carbons (Fsp3) is 0.438. The molecule has 4 heteroatoms. The monoisotopic (exact) mass is 291 g/mol. The molecule has 1 aromatic carbocycles. The number of rotatable bonds is 6. The van der Waals surface area contributed by atoms with Crippen molar-refractivity contribution in [2.24, 2.45) is 0 Å². The zero-order valence-corrected chi connectivity index (χ0v) is 13.1. The molecule has 20 heavy (non-hydrogen) atoms. The predicted molar refractivity (Wildman–Crippen MR) is 85.4 cm³/mol. The van der Waals surface area contributed by atoms with Gasteiger partial charge in [-0.15, -0.1) is 0 Å². The van der Waals surface area contributed by atoms with Crippen LogP contribution in [0.25, 0.3) is 0 Å². The lowest BCUT2D eigenvalue weighted by Gasteiger charge is -2.12. The summed E-state index contributed by atoms with van der Waals surface area (Å²) in [6, 6.07) is 8.58. The van der Waals surface area contributed by atoms with Gasteiger partial charge in [0.25, 0.3) is 0 Å². The van der Waals surface area contributed by atoms with Crippen molar-refractivity contribution in [2.75, 3.05) is 5.32 Å². The Hall–Kier alpha value is -1.48. The van der Waals surface area contributed by atoms with E-state index in [2.05, 4.69) is 41.2 Å². The van der Waals surface area contributed by atoms with E-state index in [9.17, 15) is 0 Å². The van der Waals surface area contributed by atoms with E-state index in [1.54, 1.807) is 0 Å². The van der Waals surface area contributed by atoms with Gasteiger partial charge in [0.15, 0.2) is 0 Å². The fourth-order valence-corrected chi connectivity index (χ4v) is 2.41. The number of nitrogens with zero attached hydrogens (tertiary/aromatic N) is 2. The smallest absolute Gasteiger partial charge is 0.0815 e. The minimum Gasteiger partial charge on any atom is -0.379 e. The maximum absolute atomic E-state index is 6.12. The molecule has 0 fully saturated rings. The number of anilines is 1. The Balaban J connectivity index is 1.98. The lowest BCUT2D eigenvalue weighted by molar-refractivity contribution is 0.426. The SMILES string of the molecule is CCC(CC)n1ccc(CNc2ccc(C)c(Cl)c2)n1. The van der Waals surface area contributed by atoms with Gasteiger partial charge in [-0.05, 0) is 43.5 Å². The van der Waals surface area contributed by atoms with Gasteiger partial charge in [0.1, 0.15) is 0 Å². The van der Waals surface area contributed by atoms with E-state index in [1.165, 1.54) is 0 Å². The Bertz CT molecular complexity index is 559. The number of hydrogen-bond acceptors (Lipinski definition) is 2. The first-order chi connectivity index (χ1) is 9.63. The van der Waals surface area contributed by atoms with Crippen molar-refractivity contribution in [3.8, 4) is 0 Å². The van der Waals surface area contributed by atoms with E-state index in [0.717, 1.165) is 34.8 Å². The van der Waals surface area contributed by atoms with Crippen molar-refractivity contribution < 1.29 is 0 Å². The Labute approximate surface area is 126 Å². The largest absolute Gasteiger partial charge is 0.379 e. The fourth-order valence-electron chi connectivity index (χ4n) is 2.23. The molecule has 3 nitrogen and oxygen atoms in total. The first kappa shape index (κ1) is 14.9. The van der Waals surface area contributed by atoms with Gasteiger partial charge >= 0.3 is 0 Å². The van der Waals surface area contributed by atoms with Gasteiger partial charge in [-0.2, -0.15) is 5.10 Å². The molecule has 0 saturated carbocycles. The number of aromatic nitrogens is 2.